The third-order valence-corrected chi connectivity index (χ3v) is 3.74. The van der Waals surface area contributed by atoms with E-state index < -0.39 is 0 Å². The van der Waals surface area contributed by atoms with Crippen LogP contribution in [0.1, 0.15) is 23.6 Å². The maximum Gasteiger partial charge on any atom is 0.118 e. The molecule has 0 fully saturated rings. The zero-order valence-electron chi connectivity index (χ0n) is 13.4. The van der Waals surface area contributed by atoms with Crippen molar-refractivity contribution in [1.29, 1.82) is 0 Å². The van der Waals surface area contributed by atoms with Crippen LogP contribution < -0.4 is 0 Å². The second-order valence-corrected chi connectivity index (χ2v) is 5.70. The Labute approximate surface area is 136 Å². The molecular weight excluding hydrogens is 288 g/mol. The summed E-state index contributed by atoms with van der Waals surface area (Å²) in [4.78, 5) is 10.9. The van der Waals surface area contributed by atoms with Crippen LogP contribution in [0.4, 0.5) is 0 Å². The molecule has 0 saturated heterocycles. The van der Waals surface area contributed by atoms with Crippen molar-refractivity contribution in [1.82, 2.24) is 19.4 Å². The Morgan fingerprint density at radius 1 is 1.13 bits per heavy atom. The van der Waals surface area contributed by atoms with E-state index in [1.807, 2.05) is 50.0 Å². The summed E-state index contributed by atoms with van der Waals surface area (Å²) in [5, 5.41) is 0. The highest BCUT2D eigenvalue weighted by Crippen LogP contribution is 2.12. The van der Waals surface area contributed by atoms with Crippen LogP contribution in [-0.2, 0) is 19.6 Å². The van der Waals surface area contributed by atoms with Crippen molar-refractivity contribution in [3.05, 3.63) is 72.5 Å². The summed E-state index contributed by atoms with van der Waals surface area (Å²) in [6.45, 7) is 5.55. The zero-order valence-corrected chi connectivity index (χ0v) is 13.4. The van der Waals surface area contributed by atoms with Crippen LogP contribution in [0.15, 0.2) is 59.7 Å². The number of hydrogen-bond donors (Lipinski definition) is 0. The minimum Gasteiger partial charge on any atom is -0.465 e. The summed E-state index contributed by atoms with van der Waals surface area (Å²) in [6.07, 6.45) is 8.58. The molecule has 0 amide bonds. The van der Waals surface area contributed by atoms with Gasteiger partial charge >= 0.3 is 0 Å². The van der Waals surface area contributed by atoms with E-state index in [2.05, 4.69) is 31.6 Å². The lowest BCUT2D eigenvalue weighted by Crippen LogP contribution is -2.25. The molecule has 5 nitrogen and oxygen atoms in total. The van der Waals surface area contributed by atoms with Crippen molar-refractivity contribution in [2.24, 2.45) is 0 Å². The van der Waals surface area contributed by atoms with Crippen molar-refractivity contribution < 1.29 is 4.42 Å². The topological polar surface area (TPSA) is 47.1 Å². The first-order valence-electron chi connectivity index (χ1n) is 7.93. The predicted molar refractivity (Wildman–Crippen MR) is 88.6 cm³/mol. The number of aromatic nitrogens is 3. The second kappa shape index (κ2) is 7.74. The number of hydrogen-bond acceptors (Lipinski definition) is 4. The Morgan fingerprint density at radius 2 is 2.09 bits per heavy atom. The lowest BCUT2D eigenvalue weighted by Gasteiger charge is -2.21. The van der Waals surface area contributed by atoms with Gasteiger partial charge in [-0.1, -0.05) is 6.07 Å². The van der Waals surface area contributed by atoms with E-state index >= 15 is 0 Å². The molecular formula is C18H22N4O. The van der Waals surface area contributed by atoms with Crippen molar-refractivity contribution in [3.8, 4) is 0 Å². The highest BCUT2D eigenvalue weighted by atomic mass is 16.3. The molecule has 0 bridgehead atoms. The molecule has 0 radical (unpaired) electrons. The van der Waals surface area contributed by atoms with E-state index in [0.29, 0.717) is 0 Å². The van der Waals surface area contributed by atoms with Gasteiger partial charge in [-0.3, -0.25) is 9.88 Å². The van der Waals surface area contributed by atoms with E-state index in [-0.39, 0.29) is 0 Å². The van der Waals surface area contributed by atoms with Crippen LogP contribution in [-0.4, -0.2) is 26.0 Å². The molecule has 120 valence electrons. The molecule has 3 heterocycles. The number of furan rings is 1. The Morgan fingerprint density at radius 3 is 2.78 bits per heavy atom. The van der Waals surface area contributed by atoms with Gasteiger partial charge in [0.15, 0.2) is 0 Å². The Hall–Kier alpha value is -2.40. The largest absolute Gasteiger partial charge is 0.465 e. The molecule has 5 heteroatoms. The van der Waals surface area contributed by atoms with Gasteiger partial charge in [-0.2, -0.15) is 0 Å². The summed E-state index contributed by atoms with van der Waals surface area (Å²) < 4.78 is 7.83. The third kappa shape index (κ3) is 4.79. The molecule has 0 aliphatic rings. The van der Waals surface area contributed by atoms with Crippen molar-refractivity contribution in [2.75, 3.05) is 6.54 Å². The predicted octanol–water partition coefficient (Wildman–Crippen LogP) is 3.27. The first kappa shape index (κ1) is 15.5. The van der Waals surface area contributed by atoms with Crippen LogP contribution in [0.2, 0.25) is 0 Å². The average Bonchev–Trinajstić information content (AvgIpc) is 3.20. The molecule has 3 aromatic heterocycles. The van der Waals surface area contributed by atoms with Crippen molar-refractivity contribution >= 4 is 0 Å². The fourth-order valence-corrected chi connectivity index (χ4v) is 2.62. The Balaban J connectivity index is 1.60. The maximum absolute atomic E-state index is 5.73. The molecule has 0 atom stereocenters. The van der Waals surface area contributed by atoms with Crippen LogP contribution in [0.5, 0.6) is 0 Å². The summed E-state index contributed by atoms with van der Waals surface area (Å²) >= 11 is 0. The highest BCUT2D eigenvalue weighted by molar-refractivity contribution is 5.07. The molecule has 0 N–H and O–H groups in total. The first-order valence-corrected chi connectivity index (χ1v) is 7.93. The fourth-order valence-electron chi connectivity index (χ4n) is 2.62. The molecule has 0 aliphatic carbocycles. The summed E-state index contributed by atoms with van der Waals surface area (Å²) in [5.41, 5.74) is 1.08. The van der Waals surface area contributed by atoms with Gasteiger partial charge in [-0.05, 0) is 37.6 Å². The summed E-state index contributed by atoms with van der Waals surface area (Å²) in [6, 6.07) is 10.1. The SMILES string of the molecule is Cc1ccc(CN(CCCn2ccnc2)Cc2ccccn2)o1. The van der Waals surface area contributed by atoms with E-state index in [0.717, 1.165) is 49.8 Å². The number of aryl methyl sites for hydroxylation is 2. The van der Waals surface area contributed by atoms with E-state index in [1.165, 1.54) is 0 Å². The van der Waals surface area contributed by atoms with Crippen molar-refractivity contribution in [3.63, 3.8) is 0 Å². The fraction of sp³-hybridized carbons (Fsp3) is 0.333. The lowest BCUT2D eigenvalue weighted by atomic mass is 10.3. The number of pyridine rings is 1. The van der Waals surface area contributed by atoms with Crippen molar-refractivity contribution in [2.45, 2.75) is 33.0 Å². The van der Waals surface area contributed by atoms with E-state index in [1.54, 1.807) is 0 Å². The maximum atomic E-state index is 5.73. The molecule has 3 aromatic rings. The lowest BCUT2D eigenvalue weighted by molar-refractivity contribution is 0.225. The molecule has 0 saturated carbocycles. The molecule has 0 aliphatic heterocycles. The van der Waals surface area contributed by atoms with Gasteiger partial charge in [-0.25, -0.2) is 4.98 Å². The van der Waals surface area contributed by atoms with Gasteiger partial charge in [-0.15, -0.1) is 0 Å². The number of rotatable bonds is 8. The van der Waals surface area contributed by atoms with Gasteiger partial charge in [0.2, 0.25) is 0 Å². The van der Waals surface area contributed by atoms with Gasteiger partial charge in [0.25, 0.3) is 0 Å². The van der Waals surface area contributed by atoms with Gasteiger partial charge < -0.3 is 8.98 Å². The third-order valence-electron chi connectivity index (χ3n) is 3.74. The molecule has 0 aromatic carbocycles. The van der Waals surface area contributed by atoms with Crippen LogP contribution in [0.25, 0.3) is 0 Å². The molecule has 0 unspecified atom stereocenters. The molecule has 3 rings (SSSR count). The second-order valence-electron chi connectivity index (χ2n) is 5.70. The summed E-state index contributed by atoms with van der Waals surface area (Å²) in [5.74, 6) is 1.96. The van der Waals surface area contributed by atoms with Gasteiger partial charge in [0.05, 0.1) is 18.6 Å². The normalized spacial score (nSPS) is 11.2. The number of imidazole rings is 1. The van der Waals surface area contributed by atoms with Crippen LogP contribution in [0.3, 0.4) is 0 Å². The van der Waals surface area contributed by atoms with Crippen LogP contribution >= 0.6 is 0 Å². The standard InChI is InChI=1S/C18H22N4O/c1-16-6-7-18(23-16)14-22(13-17-5-2-3-8-20-17)11-4-10-21-12-9-19-15-21/h2-3,5-9,12,15H,4,10-11,13-14H2,1H3. The highest BCUT2D eigenvalue weighted by Gasteiger charge is 2.10. The molecule has 0 spiro atoms. The smallest absolute Gasteiger partial charge is 0.118 e. The van der Waals surface area contributed by atoms with Gasteiger partial charge in [0.1, 0.15) is 11.5 Å². The molecule has 23 heavy (non-hydrogen) atoms. The average molecular weight is 310 g/mol. The minimum absolute atomic E-state index is 0.800. The summed E-state index contributed by atoms with van der Waals surface area (Å²) in [7, 11) is 0. The van der Waals surface area contributed by atoms with Crippen LogP contribution in [0, 0.1) is 6.92 Å². The Kier molecular flexibility index (Phi) is 5.21. The minimum atomic E-state index is 0.800. The zero-order chi connectivity index (χ0) is 15.9. The van der Waals surface area contributed by atoms with E-state index in [9.17, 15) is 0 Å². The first-order chi connectivity index (χ1) is 11.3. The van der Waals surface area contributed by atoms with Gasteiger partial charge in [0, 0.05) is 38.2 Å². The monoisotopic (exact) mass is 310 g/mol. The number of nitrogens with zero attached hydrogens (tertiary/aromatic N) is 4. The Bertz CT molecular complexity index is 691. The van der Waals surface area contributed by atoms with E-state index in [4.69, 9.17) is 4.42 Å². The quantitative estimate of drug-likeness (QED) is 0.640.